The maximum Gasteiger partial charge on any atom is 0.407 e. The molecule has 1 unspecified atom stereocenters. The van der Waals surface area contributed by atoms with Crippen LogP contribution in [0.25, 0.3) is 10.9 Å². The van der Waals surface area contributed by atoms with Gasteiger partial charge in [0.1, 0.15) is 11.4 Å². The Balaban J connectivity index is 1.72. The van der Waals surface area contributed by atoms with Gasteiger partial charge in [0.05, 0.1) is 24.3 Å². The molecule has 1 atom stereocenters. The zero-order chi connectivity index (χ0) is 20.5. The molecule has 1 amide bonds. The van der Waals surface area contributed by atoms with Crippen LogP contribution >= 0.6 is 0 Å². The van der Waals surface area contributed by atoms with Crippen molar-refractivity contribution >= 4 is 17.0 Å². The molecule has 2 N–H and O–H groups in total. The number of nitriles is 1. The van der Waals surface area contributed by atoms with Gasteiger partial charge in [-0.3, -0.25) is 4.98 Å². The number of aromatic hydroxyl groups is 1. The Kier molecular flexibility index (Phi) is 4.85. The first-order valence-corrected chi connectivity index (χ1v) is 9.60. The van der Waals surface area contributed by atoms with Gasteiger partial charge in [0.2, 0.25) is 0 Å². The van der Waals surface area contributed by atoms with Crippen molar-refractivity contribution in [1.29, 1.82) is 5.26 Å². The molecule has 2 aromatic heterocycles. The summed E-state index contributed by atoms with van der Waals surface area (Å²) in [4.78, 5) is 16.3. The van der Waals surface area contributed by atoms with Crippen LogP contribution in [-0.4, -0.2) is 32.9 Å². The summed E-state index contributed by atoms with van der Waals surface area (Å²) in [6.45, 7) is 4.04. The monoisotopic (exact) mass is 390 g/mol. The molecule has 0 fully saturated rings. The Labute approximate surface area is 168 Å². The highest BCUT2D eigenvalue weighted by Gasteiger charge is 2.30. The summed E-state index contributed by atoms with van der Waals surface area (Å²) in [5.74, 6) is 0.143. The number of hydrogen-bond donors (Lipinski definition) is 2. The lowest BCUT2D eigenvalue weighted by Gasteiger charge is -2.16. The Bertz CT molecular complexity index is 1130. The van der Waals surface area contributed by atoms with Crippen LogP contribution in [0.5, 0.6) is 5.75 Å². The topological polar surface area (TPSA) is 100 Å². The van der Waals surface area contributed by atoms with E-state index in [-0.39, 0.29) is 17.9 Å². The number of nitrogens with zero attached hydrogens (tertiary/aromatic N) is 3. The van der Waals surface area contributed by atoms with Crippen LogP contribution < -0.4 is 5.32 Å². The number of carbonyl (C=O) groups excluding carboxylic acids is 1. The molecule has 2 heterocycles. The molecule has 0 saturated carbocycles. The van der Waals surface area contributed by atoms with Crippen molar-refractivity contribution in [2.75, 3.05) is 0 Å². The molecular weight excluding hydrogens is 368 g/mol. The molecule has 1 aliphatic rings. The minimum Gasteiger partial charge on any atom is -0.506 e. The van der Waals surface area contributed by atoms with Gasteiger partial charge in [-0.15, -0.1) is 0 Å². The second-order valence-corrected chi connectivity index (χ2v) is 7.53. The van der Waals surface area contributed by atoms with Crippen molar-refractivity contribution in [2.24, 2.45) is 0 Å². The highest BCUT2D eigenvalue weighted by atomic mass is 16.6. The van der Waals surface area contributed by atoms with Crippen molar-refractivity contribution in [2.45, 2.75) is 45.4 Å². The third-order valence-electron chi connectivity index (χ3n) is 5.14. The summed E-state index contributed by atoms with van der Waals surface area (Å²) < 4.78 is 7.32. The van der Waals surface area contributed by atoms with Crippen molar-refractivity contribution < 1.29 is 14.6 Å². The third-order valence-corrected chi connectivity index (χ3v) is 5.14. The number of amides is 1. The molecule has 4 rings (SSSR count). The predicted molar refractivity (Wildman–Crippen MR) is 108 cm³/mol. The van der Waals surface area contributed by atoms with Gasteiger partial charge >= 0.3 is 6.09 Å². The molecule has 29 heavy (non-hydrogen) atoms. The minimum absolute atomic E-state index is 0.0787. The van der Waals surface area contributed by atoms with Crippen molar-refractivity contribution in [1.82, 2.24) is 14.9 Å². The fourth-order valence-corrected chi connectivity index (χ4v) is 3.96. The summed E-state index contributed by atoms with van der Waals surface area (Å²) in [5.41, 5.74) is 4.35. The van der Waals surface area contributed by atoms with Crippen LogP contribution in [-0.2, 0) is 24.1 Å². The number of nitrogens with one attached hydrogen (secondary N) is 1. The molecule has 1 aromatic carbocycles. The van der Waals surface area contributed by atoms with Crippen LogP contribution in [0.2, 0.25) is 0 Å². The van der Waals surface area contributed by atoms with Gasteiger partial charge < -0.3 is 19.7 Å². The molecular formula is C22H22N4O3. The number of ether oxygens (including phenoxy) is 1. The van der Waals surface area contributed by atoms with E-state index >= 15 is 0 Å². The highest BCUT2D eigenvalue weighted by molar-refractivity contribution is 5.88. The van der Waals surface area contributed by atoms with Crippen molar-refractivity contribution in [3.63, 3.8) is 0 Å². The van der Waals surface area contributed by atoms with E-state index in [0.29, 0.717) is 30.6 Å². The maximum atomic E-state index is 12.0. The van der Waals surface area contributed by atoms with Gasteiger partial charge in [-0.25, -0.2) is 4.79 Å². The number of benzene rings is 1. The normalized spacial score (nSPS) is 15.3. The molecule has 1 aliphatic carbocycles. The number of alkyl carbamates (subject to hydrolysis) is 1. The van der Waals surface area contributed by atoms with Gasteiger partial charge in [0, 0.05) is 35.3 Å². The summed E-state index contributed by atoms with van der Waals surface area (Å²) in [6, 6.07) is 11.0. The second-order valence-electron chi connectivity index (χ2n) is 7.53. The standard InChI is InChI=1S/C22H22N4O3/c1-13(2)29-22(28)25-15-9-17-16-8-14(11-23)5-6-19(16)26(20(17)10-15)12-18-21(27)4-3-7-24-18/h3-8,13,15,27H,9-10,12H2,1-2H3,(H,25,28). The summed E-state index contributed by atoms with van der Waals surface area (Å²) in [7, 11) is 0. The van der Waals surface area contributed by atoms with Crippen LogP contribution in [0.3, 0.4) is 0 Å². The third kappa shape index (κ3) is 3.61. The molecule has 0 aliphatic heterocycles. The smallest absolute Gasteiger partial charge is 0.407 e. The first-order chi connectivity index (χ1) is 14.0. The second kappa shape index (κ2) is 7.47. The largest absolute Gasteiger partial charge is 0.506 e. The Hall–Kier alpha value is -3.53. The van der Waals surface area contributed by atoms with E-state index in [2.05, 4.69) is 20.9 Å². The zero-order valence-electron chi connectivity index (χ0n) is 16.3. The van der Waals surface area contributed by atoms with Crippen LogP contribution in [0.4, 0.5) is 4.79 Å². The van der Waals surface area contributed by atoms with Crippen LogP contribution in [0.1, 0.15) is 36.4 Å². The number of carbonyl (C=O) groups is 1. The summed E-state index contributed by atoms with van der Waals surface area (Å²) >= 11 is 0. The van der Waals surface area contributed by atoms with Gasteiger partial charge in [0.25, 0.3) is 0 Å². The number of fused-ring (bicyclic) bond motifs is 3. The lowest BCUT2D eigenvalue weighted by atomic mass is 10.1. The molecule has 3 aromatic rings. The van der Waals surface area contributed by atoms with Crippen molar-refractivity contribution in [3.05, 3.63) is 59.0 Å². The van der Waals surface area contributed by atoms with Gasteiger partial charge in [-0.1, -0.05) is 0 Å². The van der Waals surface area contributed by atoms with Crippen molar-refractivity contribution in [3.8, 4) is 11.8 Å². The average molecular weight is 390 g/mol. The Morgan fingerprint density at radius 3 is 2.97 bits per heavy atom. The predicted octanol–water partition coefficient (Wildman–Crippen LogP) is 3.26. The lowest BCUT2D eigenvalue weighted by Crippen LogP contribution is -2.37. The molecule has 148 valence electrons. The molecule has 0 spiro atoms. The van der Waals surface area contributed by atoms with E-state index in [0.717, 1.165) is 22.2 Å². The average Bonchev–Trinajstić information content (AvgIpc) is 3.20. The molecule has 0 radical (unpaired) electrons. The molecule has 7 nitrogen and oxygen atoms in total. The van der Waals surface area contributed by atoms with E-state index in [4.69, 9.17) is 4.74 Å². The number of pyridine rings is 1. The first-order valence-electron chi connectivity index (χ1n) is 9.60. The van der Waals surface area contributed by atoms with Crippen LogP contribution in [0, 0.1) is 11.3 Å². The van der Waals surface area contributed by atoms with Gasteiger partial charge in [-0.2, -0.15) is 5.26 Å². The first kappa shape index (κ1) is 18.8. The zero-order valence-corrected chi connectivity index (χ0v) is 16.3. The fraction of sp³-hybridized carbons (Fsp3) is 0.318. The number of rotatable bonds is 4. The maximum absolute atomic E-state index is 12.0. The van der Waals surface area contributed by atoms with Gasteiger partial charge in [0.15, 0.2) is 0 Å². The Morgan fingerprint density at radius 2 is 2.24 bits per heavy atom. The minimum atomic E-state index is -0.425. The molecule has 7 heteroatoms. The fourth-order valence-electron chi connectivity index (χ4n) is 3.96. The van der Waals surface area contributed by atoms with E-state index in [1.54, 1.807) is 24.4 Å². The summed E-state index contributed by atoms with van der Waals surface area (Å²) in [6.07, 6.45) is 2.35. The SMILES string of the molecule is CC(C)OC(=O)NC1Cc2c(n(Cc3ncccc3O)c3ccc(C#N)cc23)C1. The highest BCUT2D eigenvalue weighted by Crippen LogP contribution is 2.35. The van der Waals surface area contributed by atoms with E-state index in [1.807, 2.05) is 26.0 Å². The molecule has 0 bridgehead atoms. The van der Waals surface area contributed by atoms with E-state index < -0.39 is 6.09 Å². The summed E-state index contributed by atoms with van der Waals surface area (Å²) in [5, 5.41) is 23.4. The number of hydrogen-bond acceptors (Lipinski definition) is 5. The quantitative estimate of drug-likeness (QED) is 0.712. The van der Waals surface area contributed by atoms with E-state index in [1.165, 1.54) is 0 Å². The van der Waals surface area contributed by atoms with Gasteiger partial charge in [-0.05, 0) is 56.2 Å². The lowest BCUT2D eigenvalue weighted by molar-refractivity contribution is 0.112. The molecule has 0 saturated heterocycles. The number of aromatic nitrogens is 2. The van der Waals surface area contributed by atoms with Crippen LogP contribution in [0.15, 0.2) is 36.5 Å². The Morgan fingerprint density at radius 1 is 1.41 bits per heavy atom. The van der Waals surface area contributed by atoms with E-state index in [9.17, 15) is 15.2 Å².